The summed E-state index contributed by atoms with van der Waals surface area (Å²) in [7, 11) is 2.99. The van der Waals surface area contributed by atoms with Crippen LogP contribution < -0.4 is 9.47 Å². The highest BCUT2D eigenvalue weighted by molar-refractivity contribution is 5.97. The van der Waals surface area contributed by atoms with Crippen LogP contribution >= 0.6 is 0 Å². The van der Waals surface area contributed by atoms with E-state index in [-0.39, 0.29) is 12.5 Å². The van der Waals surface area contributed by atoms with Gasteiger partial charge >= 0.3 is 5.97 Å². The summed E-state index contributed by atoms with van der Waals surface area (Å²) in [5.74, 6) is -0.866. The summed E-state index contributed by atoms with van der Waals surface area (Å²) in [6, 6.07) is 4.95. The molecule has 1 rings (SSSR count). The van der Waals surface area contributed by atoms with Gasteiger partial charge in [-0.1, -0.05) is 6.92 Å². The van der Waals surface area contributed by atoms with Crippen molar-refractivity contribution in [3.8, 4) is 11.5 Å². The molecular formula is C15H21NO5. The number of rotatable bonds is 7. The molecule has 0 aliphatic rings. The van der Waals surface area contributed by atoms with Crippen LogP contribution in [0.4, 0.5) is 0 Å². The predicted molar refractivity (Wildman–Crippen MR) is 77.9 cm³/mol. The van der Waals surface area contributed by atoms with Crippen LogP contribution in [0.5, 0.6) is 11.5 Å². The molecule has 1 aromatic carbocycles. The van der Waals surface area contributed by atoms with Gasteiger partial charge in [0.1, 0.15) is 11.5 Å². The number of methoxy groups -OCH3 is 2. The minimum Gasteiger partial charge on any atom is -0.497 e. The van der Waals surface area contributed by atoms with Gasteiger partial charge in [0.15, 0.2) is 0 Å². The quantitative estimate of drug-likeness (QED) is 0.831. The Labute approximate surface area is 124 Å². The minimum atomic E-state index is -0.932. The number of carbonyl (C=O) groups excluding carboxylic acids is 1. The summed E-state index contributed by atoms with van der Waals surface area (Å²) in [6.45, 7) is 3.93. The lowest BCUT2D eigenvalue weighted by Gasteiger charge is -2.24. The maximum atomic E-state index is 12.6. The van der Waals surface area contributed by atoms with E-state index in [0.29, 0.717) is 23.6 Å². The first-order valence-corrected chi connectivity index (χ1v) is 6.68. The highest BCUT2D eigenvalue weighted by Gasteiger charge is 2.23. The van der Waals surface area contributed by atoms with Gasteiger partial charge in [0.25, 0.3) is 5.91 Å². The SMILES string of the molecule is CCN(CC(C)C(=O)O)C(=O)c1cc(OC)ccc1OC. The zero-order valence-corrected chi connectivity index (χ0v) is 12.8. The molecule has 1 N–H and O–H groups in total. The van der Waals surface area contributed by atoms with E-state index in [2.05, 4.69) is 0 Å². The van der Waals surface area contributed by atoms with Crippen molar-refractivity contribution in [2.75, 3.05) is 27.3 Å². The van der Waals surface area contributed by atoms with Crippen LogP contribution in [0.3, 0.4) is 0 Å². The molecule has 0 aliphatic heterocycles. The first-order valence-electron chi connectivity index (χ1n) is 6.68. The van der Waals surface area contributed by atoms with Crippen LogP contribution in [0.15, 0.2) is 18.2 Å². The summed E-state index contributed by atoms with van der Waals surface area (Å²) in [4.78, 5) is 25.0. The number of carboxylic acid groups (broad SMARTS) is 1. The van der Waals surface area contributed by atoms with E-state index in [0.717, 1.165) is 0 Å². The summed E-state index contributed by atoms with van der Waals surface area (Å²) in [5.41, 5.74) is 0.358. The van der Waals surface area contributed by atoms with Gasteiger partial charge in [-0.3, -0.25) is 9.59 Å². The maximum absolute atomic E-state index is 12.6. The Morgan fingerprint density at radius 3 is 2.43 bits per heavy atom. The van der Waals surface area contributed by atoms with Gasteiger partial charge in [0, 0.05) is 13.1 Å². The fraction of sp³-hybridized carbons (Fsp3) is 0.467. The van der Waals surface area contributed by atoms with Crippen molar-refractivity contribution in [3.63, 3.8) is 0 Å². The number of benzene rings is 1. The van der Waals surface area contributed by atoms with Crippen molar-refractivity contribution in [3.05, 3.63) is 23.8 Å². The van der Waals surface area contributed by atoms with Gasteiger partial charge in [-0.2, -0.15) is 0 Å². The Hall–Kier alpha value is -2.24. The Morgan fingerprint density at radius 1 is 1.29 bits per heavy atom. The average Bonchev–Trinajstić information content (AvgIpc) is 2.50. The van der Waals surface area contributed by atoms with Crippen molar-refractivity contribution in [2.24, 2.45) is 5.92 Å². The number of amides is 1. The Morgan fingerprint density at radius 2 is 1.95 bits per heavy atom. The van der Waals surface area contributed by atoms with Gasteiger partial charge in [0.05, 0.1) is 25.7 Å². The van der Waals surface area contributed by atoms with Gasteiger partial charge in [-0.15, -0.1) is 0 Å². The highest BCUT2D eigenvalue weighted by Crippen LogP contribution is 2.25. The minimum absolute atomic E-state index is 0.144. The lowest BCUT2D eigenvalue weighted by atomic mass is 10.1. The van der Waals surface area contributed by atoms with Crippen molar-refractivity contribution in [1.82, 2.24) is 4.90 Å². The Kier molecular flexibility index (Phi) is 6.02. The number of carboxylic acids is 1. The van der Waals surface area contributed by atoms with Crippen LogP contribution in [0.2, 0.25) is 0 Å². The fourth-order valence-electron chi connectivity index (χ4n) is 1.92. The number of ether oxygens (including phenoxy) is 2. The maximum Gasteiger partial charge on any atom is 0.308 e. The number of hydrogen-bond acceptors (Lipinski definition) is 4. The summed E-state index contributed by atoms with van der Waals surface area (Å²) >= 11 is 0. The summed E-state index contributed by atoms with van der Waals surface area (Å²) < 4.78 is 10.3. The second-order valence-electron chi connectivity index (χ2n) is 4.65. The first kappa shape index (κ1) is 16.8. The van der Waals surface area contributed by atoms with E-state index in [9.17, 15) is 9.59 Å². The van der Waals surface area contributed by atoms with E-state index in [1.165, 1.54) is 19.1 Å². The molecule has 0 fully saturated rings. The van der Waals surface area contributed by atoms with Gasteiger partial charge in [-0.25, -0.2) is 0 Å². The third kappa shape index (κ3) is 4.11. The molecule has 1 atom stereocenters. The Bertz CT molecular complexity index is 515. The van der Waals surface area contributed by atoms with Gasteiger partial charge < -0.3 is 19.5 Å². The molecule has 1 amide bonds. The molecule has 0 spiro atoms. The Balaban J connectivity index is 3.06. The molecule has 1 unspecified atom stereocenters. The number of nitrogens with zero attached hydrogens (tertiary/aromatic N) is 1. The highest BCUT2D eigenvalue weighted by atomic mass is 16.5. The van der Waals surface area contributed by atoms with Crippen LogP contribution in [-0.2, 0) is 4.79 Å². The summed E-state index contributed by atoms with van der Waals surface area (Å²) in [6.07, 6.45) is 0. The largest absolute Gasteiger partial charge is 0.497 e. The zero-order chi connectivity index (χ0) is 16.0. The third-order valence-corrected chi connectivity index (χ3v) is 3.22. The van der Waals surface area contributed by atoms with E-state index in [4.69, 9.17) is 14.6 Å². The molecule has 0 aliphatic carbocycles. The molecule has 0 saturated carbocycles. The van der Waals surface area contributed by atoms with Crippen LogP contribution in [0.25, 0.3) is 0 Å². The second kappa shape index (κ2) is 7.52. The molecule has 0 heterocycles. The molecule has 21 heavy (non-hydrogen) atoms. The third-order valence-electron chi connectivity index (χ3n) is 3.22. The molecule has 6 heteroatoms. The van der Waals surface area contributed by atoms with Crippen molar-refractivity contribution >= 4 is 11.9 Å². The summed E-state index contributed by atoms with van der Waals surface area (Å²) in [5, 5.41) is 8.98. The van der Waals surface area contributed by atoms with Crippen molar-refractivity contribution in [2.45, 2.75) is 13.8 Å². The van der Waals surface area contributed by atoms with Crippen LogP contribution in [-0.4, -0.2) is 49.2 Å². The van der Waals surface area contributed by atoms with Crippen molar-refractivity contribution < 1.29 is 24.2 Å². The normalized spacial score (nSPS) is 11.6. The number of carbonyl (C=O) groups is 2. The monoisotopic (exact) mass is 295 g/mol. The standard InChI is InChI=1S/C15H21NO5/c1-5-16(9-10(2)15(18)19)14(17)12-8-11(20-3)6-7-13(12)21-4/h6-8,10H,5,9H2,1-4H3,(H,18,19). The molecule has 0 aromatic heterocycles. The van der Waals surface area contributed by atoms with E-state index >= 15 is 0 Å². The molecule has 6 nitrogen and oxygen atoms in total. The topological polar surface area (TPSA) is 76.1 Å². The van der Waals surface area contributed by atoms with Gasteiger partial charge in [0.2, 0.25) is 0 Å². The average molecular weight is 295 g/mol. The number of aliphatic carboxylic acids is 1. The van der Waals surface area contributed by atoms with Crippen LogP contribution in [0, 0.1) is 5.92 Å². The van der Waals surface area contributed by atoms with E-state index < -0.39 is 11.9 Å². The molecule has 0 bridgehead atoms. The van der Waals surface area contributed by atoms with Gasteiger partial charge in [-0.05, 0) is 25.1 Å². The molecule has 116 valence electrons. The molecule has 0 saturated heterocycles. The first-order chi connectivity index (χ1) is 9.94. The smallest absolute Gasteiger partial charge is 0.308 e. The zero-order valence-electron chi connectivity index (χ0n) is 12.8. The molecule has 1 aromatic rings. The molecule has 0 radical (unpaired) electrons. The van der Waals surface area contributed by atoms with E-state index in [1.54, 1.807) is 32.0 Å². The lowest BCUT2D eigenvalue weighted by molar-refractivity contribution is -0.141. The van der Waals surface area contributed by atoms with Crippen LogP contribution in [0.1, 0.15) is 24.2 Å². The van der Waals surface area contributed by atoms with E-state index in [1.807, 2.05) is 0 Å². The second-order valence-corrected chi connectivity index (χ2v) is 4.65. The molecular weight excluding hydrogens is 274 g/mol. The van der Waals surface area contributed by atoms with Crippen molar-refractivity contribution in [1.29, 1.82) is 0 Å². The predicted octanol–water partition coefficient (Wildman–Crippen LogP) is 1.89. The fourth-order valence-corrected chi connectivity index (χ4v) is 1.92. The lowest BCUT2D eigenvalue weighted by Crippen LogP contribution is -2.37. The number of hydrogen-bond donors (Lipinski definition) is 1.